The summed E-state index contributed by atoms with van der Waals surface area (Å²) in [5, 5.41) is 13.8. The standard InChI is InChI=1S/C12H21N3O5/c1-6(2)9(15-12(13)19)10(16)14-5-7-3-4-8(20-7)11(17)18/h6-9H,3-5H2,1-2H3,(H,14,16)(H,17,18)(H3,13,15,19). The predicted octanol–water partition coefficient (Wildman–Crippen LogP) is -0.572. The largest absolute Gasteiger partial charge is 0.479 e. The lowest BCUT2D eigenvalue weighted by Crippen LogP contribution is -2.52. The van der Waals surface area contributed by atoms with Gasteiger partial charge in [0.2, 0.25) is 5.91 Å². The minimum absolute atomic E-state index is 0.112. The Balaban J connectivity index is 2.42. The summed E-state index contributed by atoms with van der Waals surface area (Å²) in [7, 11) is 0. The van der Waals surface area contributed by atoms with E-state index in [1.165, 1.54) is 0 Å². The molecule has 8 nitrogen and oxygen atoms in total. The lowest BCUT2D eigenvalue weighted by atomic mass is 10.0. The van der Waals surface area contributed by atoms with Gasteiger partial charge < -0.3 is 26.2 Å². The normalized spacial score (nSPS) is 23.4. The second-order valence-electron chi connectivity index (χ2n) is 5.14. The fraction of sp³-hybridized carbons (Fsp3) is 0.750. The molecule has 0 aromatic heterocycles. The number of amides is 3. The van der Waals surface area contributed by atoms with Crippen molar-refractivity contribution in [2.45, 2.75) is 44.9 Å². The van der Waals surface area contributed by atoms with E-state index in [9.17, 15) is 14.4 Å². The number of ether oxygens (including phenoxy) is 1. The summed E-state index contributed by atoms with van der Waals surface area (Å²) in [6, 6.07) is -1.48. The van der Waals surface area contributed by atoms with E-state index in [2.05, 4.69) is 10.6 Å². The zero-order valence-electron chi connectivity index (χ0n) is 11.6. The van der Waals surface area contributed by atoms with E-state index in [0.29, 0.717) is 12.8 Å². The van der Waals surface area contributed by atoms with E-state index in [-0.39, 0.29) is 24.5 Å². The summed E-state index contributed by atoms with van der Waals surface area (Å²) in [5.41, 5.74) is 5.02. The van der Waals surface area contributed by atoms with Gasteiger partial charge in [0.1, 0.15) is 6.04 Å². The molecule has 20 heavy (non-hydrogen) atoms. The zero-order chi connectivity index (χ0) is 15.3. The maximum absolute atomic E-state index is 11.9. The van der Waals surface area contributed by atoms with E-state index in [4.69, 9.17) is 15.6 Å². The highest BCUT2D eigenvalue weighted by atomic mass is 16.5. The van der Waals surface area contributed by atoms with Crippen LogP contribution in [0.4, 0.5) is 4.79 Å². The molecule has 0 aromatic carbocycles. The number of primary amides is 1. The molecule has 0 spiro atoms. The fourth-order valence-electron chi connectivity index (χ4n) is 2.05. The molecule has 0 aliphatic carbocycles. The molecule has 3 amide bonds. The molecule has 0 saturated carbocycles. The number of urea groups is 1. The van der Waals surface area contributed by atoms with Crippen molar-refractivity contribution in [3.05, 3.63) is 0 Å². The minimum Gasteiger partial charge on any atom is -0.479 e. The van der Waals surface area contributed by atoms with E-state index in [0.717, 1.165) is 0 Å². The van der Waals surface area contributed by atoms with E-state index in [1.54, 1.807) is 13.8 Å². The maximum Gasteiger partial charge on any atom is 0.332 e. The highest BCUT2D eigenvalue weighted by Gasteiger charge is 2.31. The summed E-state index contributed by atoms with van der Waals surface area (Å²) in [6.07, 6.45) is -0.112. The van der Waals surface area contributed by atoms with Crippen LogP contribution in [0, 0.1) is 5.92 Å². The summed E-state index contributed by atoms with van der Waals surface area (Å²) >= 11 is 0. The van der Waals surface area contributed by atoms with Gasteiger partial charge in [-0.05, 0) is 18.8 Å². The molecule has 1 rings (SSSR count). The van der Waals surface area contributed by atoms with E-state index in [1.807, 2.05) is 0 Å². The Labute approximate surface area is 117 Å². The second-order valence-corrected chi connectivity index (χ2v) is 5.14. The Morgan fingerprint density at radius 2 is 2.00 bits per heavy atom. The molecule has 3 unspecified atom stereocenters. The third kappa shape index (κ3) is 4.69. The lowest BCUT2D eigenvalue weighted by molar-refractivity contribution is -0.149. The van der Waals surface area contributed by atoms with Crippen LogP contribution in [0.2, 0.25) is 0 Å². The van der Waals surface area contributed by atoms with Gasteiger partial charge in [0.05, 0.1) is 6.10 Å². The van der Waals surface area contributed by atoms with Crippen LogP contribution in [0.25, 0.3) is 0 Å². The van der Waals surface area contributed by atoms with Gasteiger partial charge in [-0.25, -0.2) is 9.59 Å². The number of carbonyl (C=O) groups excluding carboxylic acids is 2. The summed E-state index contributed by atoms with van der Waals surface area (Å²) in [4.78, 5) is 33.5. The van der Waals surface area contributed by atoms with Gasteiger partial charge in [-0.1, -0.05) is 13.8 Å². The number of nitrogens with one attached hydrogen (secondary N) is 2. The third-order valence-corrected chi connectivity index (χ3v) is 3.13. The Morgan fingerprint density at radius 3 is 2.45 bits per heavy atom. The van der Waals surface area contributed by atoms with Gasteiger partial charge >= 0.3 is 12.0 Å². The molecule has 1 saturated heterocycles. The molecule has 1 heterocycles. The smallest absolute Gasteiger partial charge is 0.332 e. The fourth-order valence-corrected chi connectivity index (χ4v) is 2.05. The van der Waals surface area contributed by atoms with Crippen LogP contribution in [0.1, 0.15) is 26.7 Å². The first kappa shape index (κ1) is 16.2. The molecule has 0 bridgehead atoms. The first-order chi connectivity index (χ1) is 9.31. The van der Waals surface area contributed by atoms with Crippen molar-refractivity contribution in [2.24, 2.45) is 11.7 Å². The minimum atomic E-state index is -0.991. The number of rotatable bonds is 6. The number of aliphatic carboxylic acids is 1. The lowest BCUT2D eigenvalue weighted by Gasteiger charge is -2.21. The predicted molar refractivity (Wildman–Crippen MR) is 69.9 cm³/mol. The quantitative estimate of drug-likeness (QED) is 0.519. The molecule has 0 aromatic rings. The molecule has 114 valence electrons. The molecule has 1 aliphatic heterocycles. The third-order valence-electron chi connectivity index (χ3n) is 3.13. The van der Waals surface area contributed by atoms with Gasteiger partial charge in [-0.3, -0.25) is 4.79 Å². The van der Waals surface area contributed by atoms with Crippen molar-refractivity contribution in [3.63, 3.8) is 0 Å². The molecular formula is C12H21N3O5. The summed E-state index contributed by atoms with van der Waals surface area (Å²) in [5.74, 6) is -1.46. The number of carbonyl (C=O) groups is 3. The average Bonchev–Trinajstić information content (AvgIpc) is 2.81. The van der Waals surface area contributed by atoms with E-state index < -0.39 is 24.1 Å². The Hall–Kier alpha value is -1.83. The van der Waals surface area contributed by atoms with Gasteiger partial charge in [0, 0.05) is 6.54 Å². The first-order valence-electron chi connectivity index (χ1n) is 6.53. The van der Waals surface area contributed by atoms with Crippen LogP contribution in [-0.2, 0) is 14.3 Å². The molecule has 1 aliphatic rings. The van der Waals surface area contributed by atoms with Crippen LogP contribution in [0.3, 0.4) is 0 Å². The van der Waals surface area contributed by atoms with Crippen molar-refractivity contribution in [3.8, 4) is 0 Å². The highest BCUT2D eigenvalue weighted by Crippen LogP contribution is 2.19. The molecule has 1 fully saturated rings. The number of carboxylic acids is 1. The van der Waals surface area contributed by atoms with Crippen LogP contribution in [0.15, 0.2) is 0 Å². The van der Waals surface area contributed by atoms with Crippen LogP contribution in [0.5, 0.6) is 0 Å². The van der Waals surface area contributed by atoms with Gasteiger partial charge in [-0.15, -0.1) is 0 Å². The molecule has 3 atom stereocenters. The maximum atomic E-state index is 11.9. The first-order valence-corrected chi connectivity index (χ1v) is 6.53. The van der Waals surface area contributed by atoms with Crippen molar-refractivity contribution in [2.75, 3.05) is 6.54 Å². The number of nitrogens with two attached hydrogens (primary N) is 1. The highest BCUT2D eigenvalue weighted by molar-refractivity contribution is 5.86. The molecular weight excluding hydrogens is 266 g/mol. The summed E-state index contributed by atoms with van der Waals surface area (Å²) in [6.45, 7) is 3.78. The average molecular weight is 287 g/mol. The van der Waals surface area contributed by atoms with Crippen LogP contribution < -0.4 is 16.4 Å². The molecule has 8 heteroatoms. The number of hydrogen-bond donors (Lipinski definition) is 4. The van der Waals surface area contributed by atoms with Crippen molar-refractivity contribution >= 4 is 17.9 Å². The second kappa shape index (κ2) is 7.09. The SMILES string of the molecule is CC(C)C(NC(N)=O)C(=O)NCC1CCC(C(=O)O)O1. The Morgan fingerprint density at radius 1 is 1.35 bits per heavy atom. The van der Waals surface area contributed by atoms with Crippen molar-refractivity contribution < 1.29 is 24.2 Å². The Kier molecular flexibility index (Phi) is 5.75. The molecule has 0 radical (unpaired) electrons. The Bertz CT molecular complexity index is 385. The summed E-state index contributed by atoms with van der Waals surface area (Å²) < 4.78 is 5.27. The van der Waals surface area contributed by atoms with Crippen LogP contribution >= 0.6 is 0 Å². The van der Waals surface area contributed by atoms with Gasteiger partial charge in [-0.2, -0.15) is 0 Å². The van der Waals surface area contributed by atoms with Gasteiger partial charge in [0.25, 0.3) is 0 Å². The van der Waals surface area contributed by atoms with E-state index >= 15 is 0 Å². The topological polar surface area (TPSA) is 131 Å². The van der Waals surface area contributed by atoms with Crippen LogP contribution in [-0.4, -0.2) is 47.8 Å². The van der Waals surface area contributed by atoms with Crippen molar-refractivity contribution in [1.82, 2.24) is 10.6 Å². The number of carboxylic acid groups (broad SMARTS) is 1. The van der Waals surface area contributed by atoms with Gasteiger partial charge in [0.15, 0.2) is 6.10 Å². The monoisotopic (exact) mass is 287 g/mol. The zero-order valence-corrected chi connectivity index (χ0v) is 11.6. The van der Waals surface area contributed by atoms with Crippen molar-refractivity contribution in [1.29, 1.82) is 0 Å². The number of hydrogen-bond acceptors (Lipinski definition) is 4. The molecule has 5 N–H and O–H groups in total.